The van der Waals surface area contributed by atoms with Gasteiger partial charge < -0.3 is 19.9 Å². The molecular formula is C18H20NO3Y-. The fourth-order valence-electron chi connectivity index (χ4n) is 2.30. The Morgan fingerprint density at radius 2 is 1.48 bits per heavy atom. The van der Waals surface area contributed by atoms with E-state index >= 15 is 0 Å². The van der Waals surface area contributed by atoms with Crippen molar-refractivity contribution < 1.29 is 46.9 Å². The van der Waals surface area contributed by atoms with Crippen LogP contribution in [0.25, 0.3) is 17.9 Å². The van der Waals surface area contributed by atoms with Crippen LogP contribution >= 0.6 is 0 Å². The maximum atomic E-state index is 7.85. The van der Waals surface area contributed by atoms with Crippen molar-refractivity contribution in [2.24, 2.45) is 0 Å². The molecule has 0 fully saturated rings. The Balaban J connectivity index is 0.00000264. The standard InChI is InChI=1S/C18H20NO3.Y/c1-12-9-14(11-17(21-3)18(12)22-4)6-5-13-7-8-16(20-2)15(19)10-13;/h5-11,19H,1-4H3;/q-1;/b6-5-;. The van der Waals surface area contributed by atoms with Gasteiger partial charge in [0.2, 0.25) is 0 Å². The summed E-state index contributed by atoms with van der Waals surface area (Å²) in [7, 11) is 4.82. The first kappa shape index (κ1) is 19.5. The van der Waals surface area contributed by atoms with Gasteiger partial charge >= 0.3 is 0 Å². The van der Waals surface area contributed by atoms with Crippen molar-refractivity contribution in [1.82, 2.24) is 0 Å². The Labute approximate surface area is 162 Å². The summed E-state index contributed by atoms with van der Waals surface area (Å²) in [6.45, 7) is 1.98. The summed E-state index contributed by atoms with van der Waals surface area (Å²) in [5.41, 5.74) is 11.2. The molecule has 119 valence electrons. The second-order valence-electron chi connectivity index (χ2n) is 4.87. The molecule has 1 radical (unpaired) electrons. The van der Waals surface area contributed by atoms with Gasteiger partial charge in [-0.3, -0.25) is 0 Å². The topological polar surface area (TPSA) is 51.5 Å². The van der Waals surface area contributed by atoms with E-state index in [1.807, 2.05) is 37.3 Å². The molecule has 0 bridgehead atoms. The fraction of sp³-hybridized carbons (Fsp3) is 0.222. The van der Waals surface area contributed by atoms with Crippen LogP contribution in [0.5, 0.6) is 17.2 Å². The van der Waals surface area contributed by atoms with E-state index in [1.54, 1.807) is 33.5 Å². The van der Waals surface area contributed by atoms with Crippen molar-refractivity contribution in [3.8, 4) is 17.2 Å². The van der Waals surface area contributed by atoms with Crippen molar-refractivity contribution in [3.05, 3.63) is 52.8 Å². The Hall–Kier alpha value is -1.52. The summed E-state index contributed by atoms with van der Waals surface area (Å²) in [6.07, 6.45) is 3.94. The molecule has 2 aromatic carbocycles. The van der Waals surface area contributed by atoms with E-state index in [0.717, 1.165) is 22.4 Å². The maximum absolute atomic E-state index is 7.85. The van der Waals surface area contributed by atoms with Gasteiger partial charge in [-0.05, 0) is 41.8 Å². The normalized spacial score (nSPS) is 10.3. The summed E-state index contributed by atoms with van der Waals surface area (Å²) in [5, 5.41) is 0. The number of methoxy groups -OCH3 is 3. The van der Waals surface area contributed by atoms with Crippen LogP contribution in [-0.4, -0.2) is 21.3 Å². The minimum atomic E-state index is 0. The maximum Gasteiger partial charge on any atom is 0.163 e. The molecule has 2 rings (SSSR count). The summed E-state index contributed by atoms with van der Waals surface area (Å²) in [6, 6.07) is 9.43. The summed E-state index contributed by atoms with van der Waals surface area (Å²) in [4.78, 5) is 0. The molecular weight excluding hydrogens is 367 g/mol. The second-order valence-corrected chi connectivity index (χ2v) is 4.87. The molecule has 0 unspecified atom stereocenters. The van der Waals surface area contributed by atoms with Gasteiger partial charge in [-0.25, -0.2) is 0 Å². The first-order chi connectivity index (χ1) is 10.6. The molecule has 23 heavy (non-hydrogen) atoms. The molecule has 0 spiro atoms. The van der Waals surface area contributed by atoms with E-state index < -0.39 is 0 Å². The number of hydrogen-bond acceptors (Lipinski definition) is 3. The number of hydrogen-bond donors (Lipinski definition) is 0. The number of ether oxygens (including phenoxy) is 3. The second kappa shape index (κ2) is 8.95. The molecule has 5 heteroatoms. The van der Waals surface area contributed by atoms with Gasteiger partial charge in [0.15, 0.2) is 11.5 Å². The molecule has 0 aromatic heterocycles. The van der Waals surface area contributed by atoms with Crippen molar-refractivity contribution in [1.29, 1.82) is 0 Å². The summed E-state index contributed by atoms with van der Waals surface area (Å²) >= 11 is 0. The fourth-order valence-corrected chi connectivity index (χ4v) is 2.30. The number of benzene rings is 2. The first-order valence-corrected chi connectivity index (χ1v) is 6.89. The number of aryl methyl sites for hydroxylation is 1. The van der Waals surface area contributed by atoms with Gasteiger partial charge in [-0.15, -0.1) is 0 Å². The van der Waals surface area contributed by atoms with E-state index in [2.05, 4.69) is 0 Å². The Kier molecular flexibility index (Phi) is 7.60. The van der Waals surface area contributed by atoms with Crippen LogP contribution in [0.2, 0.25) is 0 Å². The zero-order valence-electron chi connectivity index (χ0n) is 13.8. The average Bonchev–Trinajstić information content (AvgIpc) is 2.52. The molecule has 4 nitrogen and oxygen atoms in total. The molecule has 0 aliphatic rings. The van der Waals surface area contributed by atoms with Crippen LogP contribution in [0.3, 0.4) is 0 Å². The third-order valence-electron chi connectivity index (χ3n) is 3.38. The third kappa shape index (κ3) is 4.73. The number of nitrogens with one attached hydrogen (secondary N) is 1. The Bertz CT molecular complexity index is 699. The van der Waals surface area contributed by atoms with Gasteiger partial charge in [0.25, 0.3) is 0 Å². The molecule has 0 saturated heterocycles. The molecule has 2 aromatic rings. The molecule has 0 heterocycles. The van der Waals surface area contributed by atoms with Crippen molar-refractivity contribution in [2.75, 3.05) is 21.3 Å². The molecule has 0 saturated carbocycles. The van der Waals surface area contributed by atoms with Crippen molar-refractivity contribution in [3.63, 3.8) is 0 Å². The van der Waals surface area contributed by atoms with E-state index in [0.29, 0.717) is 17.2 Å². The Morgan fingerprint density at radius 3 is 2.04 bits per heavy atom. The molecule has 0 amide bonds. The van der Waals surface area contributed by atoms with E-state index in [4.69, 9.17) is 19.9 Å². The van der Waals surface area contributed by atoms with Crippen molar-refractivity contribution in [2.45, 2.75) is 6.92 Å². The van der Waals surface area contributed by atoms with Gasteiger partial charge in [0, 0.05) is 32.7 Å². The zero-order valence-corrected chi connectivity index (χ0v) is 16.7. The molecule has 0 aliphatic heterocycles. The van der Waals surface area contributed by atoms with Gasteiger partial charge in [-0.2, -0.15) is 0 Å². The Morgan fingerprint density at radius 1 is 0.826 bits per heavy atom. The minimum Gasteiger partial charge on any atom is -0.696 e. The van der Waals surface area contributed by atoms with Crippen LogP contribution in [0.15, 0.2) is 30.3 Å². The SMILES string of the molecule is COc1ccc(/C=C\c2cc(C)c(OC)c(OC)c2)cc1[NH-].[Y]. The predicted octanol–water partition coefficient (Wildman–Crippen LogP) is 4.87. The monoisotopic (exact) mass is 387 g/mol. The smallest absolute Gasteiger partial charge is 0.163 e. The van der Waals surface area contributed by atoms with E-state index in [1.165, 1.54) is 0 Å². The largest absolute Gasteiger partial charge is 0.696 e. The summed E-state index contributed by atoms with van der Waals surface area (Å²) in [5.74, 6) is 2.02. The van der Waals surface area contributed by atoms with E-state index in [-0.39, 0.29) is 32.7 Å². The van der Waals surface area contributed by atoms with Crippen LogP contribution in [0, 0.1) is 6.92 Å². The van der Waals surface area contributed by atoms with Crippen LogP contribution < -0.4 is 14.2 Å². The minimum absolute atomic E-state index is 0. The van der Waals surface area contributed by atoms with Gasteiger partial charge in [0.1, 0.15) is 5.75 Å². The zero-order chi connectivity index (χ0) is 16.1. The van der Waals surface area contributed by atoms with Crippen LogP contribution in [0.1, 0.15) is 16.7 Å². The quantitative estimate of drug-likeness (QED) is 0.688. The average molecular weight is 387 g/mol. The number of rotatable bonds is 5. The van der Waals surface area contributed by atoms with Crippen molar-refractivity contribution >= 4 is 17.8 Å². The molecule has 0 atom stereocenters. The molecule has 0 aliphatic carbocycles. The predicted molar refractivity (Wildman–Crippen MR) is 90.2 cm³/mol. The summed E-state index contributed by atoms with van der Waals surface area (Å²) < 4.78 is 15.8. The van der Waals surface area contributed by atoms with E-state index in [9.17, 15) is 0 Å². The van der Waals surface area contributed by atoms with Crippen LogP contribution in [0.4, 0.5) is 5.69 Å². The first-order valence-electron chi connectivity index (χ1n) is 6.89. The van der Waals surface area contributed by atoms with Crippen LogP contribution in [-0.2, 0) is 32.7 Å². The van der Waals surface area contributed by atoms with Gasteiger partial charge in [0.05, 0.1) is 21.3 Å². The molecule has 1 N–H and O–H groups in total. The van der Waals surface area contributed by atoms with Gasteiger partial charge in [-0.1, -0.05) is 30.0 Å². The third-order valence-corrected chi connectivity index (χ3v) is 3.38.